The smallest absolute Gasteiger partial charge is 0.0608 e. The van der Waals surface area contributed by atoms with E-state index in [1.54, 1.807) is 0 Å². The van der Waals surface area contributed by atoms with Crippen LogP contribution in [0.3, 0.4) is 0 Å². The van der Waals surface area contributed by atoms with Gasteiger partial charge in [0.15, 0.2) is 0 Å². The fraction of sp³-hybridized carbons (Fsp3) is 0.556. The lowest BCUT2D eigenvalue weighted by Gasteiger charge is -2.42. The number of aliphatic hydroxyl groups excluding tert-OH is 1. The van der Waals surface area contributed by atoms with Crippen molar-refractivity contribution in [3.8, 4) is 0 Å². The van der Waals surface area contributed by atoms with Crippen LogP contribution in [0.15, 0.2) is 30.5 Å². The van der Waals surface area contributed by atoms with Gasteiger partial charge in [0.05, 0.1) is 6.10 Å². The summed E-state index contributed by atoms with van der Waals surface area (Å²) in [5.74, 6) is 0. The van der Waals surface area contributed by atoms with Gasteiger partial charge < -0.3 is 10.1 Å². The van der Waals surface area contributed by atoms with Gasteiger partial charge in [0.2, 0.25) is 0 Å². The summed E-state index contributed by atoms with van der Waals surface area (Å²) < 4.78 is 0. The van der Waals surface area contributed by atoms with Gasteiger partial charge in [-0.1, -0.05) is 18.6 Å². The number of rotatable bonds is 2. The molecular formula is C18H24N2O. The summed E-state index contributed by atoms with van der Waals surface area (Å²) in [7, 11) is 0. The highest BCUT2D eigenvalue weighted by molar-refractivity contribution is 5.79. The van der Waals surface area contributed by atoms with Crippen LogP contribution in [0.1, 0.15) is 37.7 Å². The highest BCUT2D eigenvalue weighted by atomic mass is 16.3. The minimum Gasteiger partial charge on any atom is -0.393 e. The molecule has 2 aliphatic rings. The molecule has 2 aromatic rings. The second-order valence-electron chi connectivity index (χ2n) is 6.98. The monoisotopic (exact) mass is 284 g/mol. The zero-order chi connectivity index (χ0) is 14.3. The number of nitrogens with one attached hydrogen (secondary N) is 1. The number of piperidine rings is 1. The minimum absolute atomic E-state index is 0.0776. The summed E-state index contributed by atoms with van der Waals surface area (Å²) in [5.41, 5.74) is 2.78. The van der Waals surface area contributed by atoms with Gasteiger partial charge in [0.25, 0.3) is 0 Å². The molecule has 4 rings (SSSR count). The topological polar surface area (TPSA) is 39.3 Å². The van der Waals surface area contributed by atoms with Crippen LogP contribution in [0.4, 0.5) is 0 Å². The van der Waals surface area contributed by atoms with Crippen molar-refractivity contribution < 1.29 is 5.11 Å². The van der Waals surface area contributed by atoms with E-state index in [1.165, 1.54) is 42.1 Å². The number of benzene rings is 1. The van der Waals surface area contributed by atoms with E-state index in [1.807, 2.05) is 6.20 Å². The number of nitrogens with zero attached hydrogens (tertiary/aromatic N) is 1. The highest BCUT2D eigenvalue weighted by Gasteiger charge is 2.44. The number of aromatic amines is 1. The molecule has 0 bridgehead atoms. The first kappa shape index (κ1) is 13.4. The third-order valence-corrected chi connectivity index (χ3v) is 5.57. The molecule has 2 atom stereocenters. The SMILES string of the molecule is O[C@@H]1CCC[C@]12CCCN(Cc1ccc3cc[nH]c3c1)C2. The van der Waals surface area contributed by atoms with Crippen molar-refractivity contribution in [2.45, 2.75) is 44.8 Å². The lowest BCUT2D eigenvalue weighted by Crippen LogP contribution is -2.46. The number of aromatic nitrogens is 1. The van der Waals surface area contributed by atoms with Gasteiger partial charge in [-0.3, -0.25) is 4.90 Å². The Morgan fingerprint density at radius 2 is 2.14 bits per heavy atom. The maximum atomic E-state index is 10.4. The molecule has 1 spiro atoms. The number of hydrogen-bond acceptors (Lipinski definition) is 2. The summed E-state index contributed by atoms with van der Waals surface area (Å²) >= 11 is 0. The Hall–Kier alpha value is -1.32. The Morgan fingerprint density at radius 1 is 1.24 bits per heavy atom. The van der Waals surface area contributed by atoms with Crippen molar-refractivity contribution in [3.63, 3.8) is 0 Å². The first-order chi connectivity index (χ1) is 10.3. The maximum Gasteiger partial charge on any atom is 0.0608 e. The Labute approximate surface area is 126 Å². The van der Waals surface area contributed by atoms with Crippen LogP contribution in [0, 0.1) is 5.41 Å². The molecule has 0 amide bonds. The second kappa shape index (κ2) is 5.15. The lowest BCUT2D eigenvalue weighted by molar-refractivity contribution is -0.0120. The molecule has 1 aliphatic carbocycles. The number of hydrogen-bond donors (Lipinski definition) is 2. The molecule has 0 radical (unpaired) electrons. The van der Waals surface area contributed by atoms with Crippen LogP contribution in [-0.4, -0.2) is 34.2 Å². The molecule has 1 saturated heterocycles. The predicted molar refractivity (Wildman–Crippen MR) is 85.1 cm³/mol. The van der Waals surface area contributed by atoms with Crippen LogP contribution >= 0.6 is 0 Å². The number of aliphatic hydroxyl groups is 1. The molecule has 2 N–H and O–H groups in total. The third-order valence-electron chi connectivity index (χ3n) is 5.57. The van der Waals surface area contributed by atoms with Crippen LogP contribution in [-0.2, 0) is 6.54 Å². The number of likely N-dealkylation sites (tertiary alicyclic amines) is 1. The summed E-state index contributed by atoms with van der Waals surface area (Å²) in [5, 5.41) is 11.6. The molecule has 1 saturated carbocycles. The lowest BCUT2D eigenvalue weighted by atomic mass is 9.76. The summed E-state index contributed by atoms with van der Waals surface area (Å²) in [6.07, 6.45) is 7.76. The van der Waals surface area contributed by atoms with Crippen LogP contribution in [0.2, 0.25) is 0 Å². The van der Waals surface area contributed by atoms with Crippen molar-refractivity contribution in [1.82, 2.24) is 9.88 Å². The zero-order valence-corrected chi connectivity index (χ0v) is 12.5. The average molecular weight is 284 g/mol. The van der Waals surface area contributed by atoms with Gasteiger partial charge in [-0.05, 0) is 55.3 Å². The quantitative estimate of drug-likeness (QED) is 0.888. The molecule has 1 aliphatic heterocycles. The highest BCUT2D eigenvalue weighted by Crippen LogP contribution is 2.45. The van der Waals surface area contributed by atoms with E-state index < -0.39 is 0 Å². The Bertz CT molecular complexity index is 635. The van der Waals surface area contributed by atoms with E-state index in [-0.39, 0.29) is 11.5 Å². The number of fused-ring (bicyclic) bond motifs is 1. The summed E-state index contributed by atoms with van der Waals surface area (Å²) in [6.45, 7) is 3.23. The fourth-order valence-corrected chi connectivity index (χ4v) is 4.44. The van der Waals surface area contributed by atoms with E-state index >= 15 is 0 Å². The first-order valence-corrected chi connectivity index (χ1v) is 8.22. The largest absolute Gasteiger partial charge is 0.393 e. The van der Waals surface area contributed by atoms with Crippen LogP contribution in [0.25, 0.3) is 10.9 Å². The van der Waals surface area contributed by atoms with Gasteiger partial charge in [-0.2, -0.15) is 0 Å². The Morgan fingerprint density at radius 3 is 3.00 bits per heavy atom. The van der Waals surface area contributed by atoms with Gasteiger partial charge in [-0.25, -0.2) is 0 Å². The van der Waals surface area contributed by atoms with Crippen molar-refractivity contribution in [2.24, 2.45) is 5.41 Å². The predicted octanol–water partition coefficient (Wildman–Crippen LogP) is 3.29. The van der Waals surface area contributed by atoms with E-state index in [0.29, 0.717) is 0 Å². The molecule has 0 unspecified atom stereocenters. The molecule has 3 heteroatoms. The molecule has 112 valence electrons. The number of H-pyrrole nitrogens is 1. The molecule has 3 nitrogen and oxygen atoms in total. The van der Waals surface area contributed by atoms with E-state index in [0.717, 1.165) is 26.1 Å². The normalized spacial score (nSPS) is 30.4. The van der Waals surface area contributed by atoms with E-state index in [9.17, 15) is 5.11 Å². The molecular weight excluding hydrogens is 260 g/mol. The molecule has 2 heterocycles. The van der Waals surface area contributed by atoms with E-state index in [2.05, 4.69) is 34.1 Å². The minimum atomic E-state index is -0.0776. The van der Waals surface area contributed by atoms with Gasteiger partial charge in [0, 0.05) is 30.2 Å². The molecule has 1 aromatic carbocycles. The molecule has 1 aromatic heterocycles. The molecule has 21 heavy (non-hydrogen) atoms. The third kappa shape index (κ3) is 2.39. The summed E-state index contributed by atoms with van der Waals surface area (Å²) in [4.78, 5) is 5.84. The zero-order valence-electron chi connectivity index (χ0n) is 12.5. The van der Waals surface area contributed by atoms with E-state index in [4.69, 9.17) is 0 Å². The van der Waals surface area contributed by atoms with Crippen LogP contribution < -0.4 is 0 Å². The van der Waals surface area contributed by atoms with Gasteiger partial charge in [-0.15, -0.1) is 0 Å². The van der Waals surface area contributed by atoms with Crippen molar-refractivity contribution in [1.29, 1.82) is 0 Å². The maximum absolute atomic E-state index is 10.4. The van der Waals surface area contributed by atoms with Crippen LogP contribution in [0.5, 0.6) is 0 Å². The summed E-state index contributed by atoms with van der Waals surface area (Å²) in [6, 6.07) is 8.82. The molecule has 2 fully saturated rings. The Balaban J connectivity index is 1.51. The second-order valence-corrected chi connectivity index (χ2v) is 6.98. The fourth-order valence-electron chi connectivity index (χ4n) is 4.44. The first-order valence-electron chi connectivity index (χ1n) is 8.22. The Kier molecular flexibility index (Phi) is 3.27. The van der Waals surface area contributed by atoms with Crippen molar-refractivity contribution >= 4 is 10.9 Å². The van der Waals surface area contributed by atoms with Gasteiger partial charge in [0.1, 0.15) is 0 Å². The average Bonchev–Trinajstić information content (AvgIpc) is 3.07. The van der Waals surface area contributed by atoms with Crippen molar-refractivity contribution in [2.75, 3.05) is 13.1 Å². The van der Waals surface area contributed by atoms with Crippen molar-refractivity contribution in [3.05, 3.63) is 36.0 Å². The standard InChI is InChI=1S/C18H24N2O/c21-17-3-1-7-18(17)8-2-10-20(13-18)12-14-4-5-15-6-9-19-16(15)11-14/h4-6,9,11,17,19,21H,1-3,7-8,10,12-13H2/t17-,18-/m1/s1. The van der Waals surface area contributed by atoms with Gasteiger partial charge >= 0.3 is 0 Å².